The molecule has 0 aliphatic carbocycles. The number of unbranched alkanes of at least 4 members (excludes halogenated alkanes) is 23. The number of carbonyl (C=O) groups is 4. The van der Waals surface area contributed by atoms with Crippen LogP contribution in [0.4, 0.5) is 0 Å². The van der Waals surface area contributed by atoms with E-state index < -0.39 is 72.9 Å². The molecule has 0 radical (unpaired) electrons. The third-order valence-corrected chi connectivity index (χ3v) is 11.5. The van der Waals surface area contributed by atoms with Crippen LogP contribution in [0.15, 0.2) is 0 Å². The lowest BCUT2D eigenvalue weighted by atomic mass is 9.80. The molecular weight excluding hydrogens is 730 g/mol. The van der Waals surface area contributed by atoms with Crippen LogP contribution >= 0.6 is 0 Å². The molecule has 334 valence electrons. The first-order valence-electron chi connectivity index (χ1n) is 22.9. The van der Waals surface area contributed by atoms with Crippen molar-refractivity contribution in [3.05, 3.63) is 0 Å². The highest BCUT2D eigenvalue weighted by Crippen LogP contribution is 2.36. The van der Waals surface area contributed by atoms with Crippen LogP contribution in [0.3, 0.4) is 0 Å². The maximum atomic E-state index is 14.1. The van der Waals surface area contributed by atoms with Gasteiger partial charge in [0.1, 0.15) is 24.2 Å². The fourth-order valence-electron chi connectivity index (χ4n) is 7.92. The van der Waals surface area contributed by atoms with E-state index in [1.807, 2.05) is 0 Å². The lowest BCUT2D eigenvalue weighted by molar-refractivity contribution is -0.292. The molecule has 0 aromatic heterocycles. The average molecular weight is 814 g/mol. The van der Waals surface area contributed by atoms with Crippen LogP contribution in [0.25, 0.3) is 0 Å². The van der Waals surface area contributed by atoms with E-state index in [0.29, 0.717) is 12.8 Å². The summed E-state index contributed by atoms with van der Waals surface area (Å²) in [6.07, 6.45) is 22.8. The number of nitrogens with zero attached hydrogens (tertiary/aromatic N) is 1. The maximum Gasteiger partial charge on any atom is 0.303 e. The van der Waals surface area contributed by atoms with Gasteiger partial charge in [-0.15, -0.1) is 0 Å². The summed E-state index contributed by atoms with van der Waals surface area (Å²) >= 11 is 0. The minimum Gasteiger partial charge on any atom is -0.481 e. The Labute approximate surface area is 344 Å². The summed E-state index contributed by atoms with van der Waals surface area (Å²) in [6, 6.07) is -1.59. The fraction of sp³-hybridized carbons (Fsp3) is 0.909. The molecule has 6 atom stereocenters. The lowest BCUT2D eigenvalue weighted by Crippen LogP contribution is -2.76. The Bertz CT molecular complexity index is 1080. The highest BCUT2D eigenvalue weighted by Gasteiger charge is 2.59. The number of rotatable bonds is 37. The minimum absolute atomic E-state index is 0.000830. The van der Waals surface area contributed by atoms with Crippen molar-refractivity contribution in [1.29, 1.82) is 0 Å². The Morgan fingerprint density at radius 1 is 0.632 bits per heavy atom. The third-order valence-electron chi connectivity index (χ3n) is 11.5. The molecule has 13 nitrogen and oxygen atoms in total. The topological polar surface area (TPSA) is 220 Å². The smallest absolute Gasteiger partial charge is 0.303 e. The molecule has 8 N–H and O–H groups in total. The summed E-state index contributed by atoms with van der Waals surface area (Å²) < 4.78 is 6.03. The molecule has 1 heterocycles. The number of hydrogen-bond donors (Lipinski definition) is 7. The average Bonchev–Trinajstić information content (AvgIpc) is 3.18. The number of ketones is 1. The largest absolute Gasteiger partial charge is 0.481 e. The number of amides is 2. The second kappa shape index (κ2) is 32.7. The zero-order chi connectivity index (χ0) is 42.3. The Kier molecular flexibility index (Phi) is 30.3. The van der Waals surface area contributed by atoms with Crippen LogP contribution in [0, 0.1) is 5.92 Å². The Balaban J connectivity index is 2.98. The van der Waals surface area contributed by atoms with E-state index in [4.69, 9.17) is 15.6 Å². The van der Waals surface area contributed by atoms with Gasteiger partial charge in [-0.3, -0.25) is 24.9 Å². The van der Waals surface area contributed by atoms with E-state index in [2.05, 4.69) is 19.2 Å². The van der Waals surface area contributed by atoms with E-state index in [1.165, 1.54) is 101 Å². The van der Waals surface area contributed by atoms with Crippen molar-refractivity contribution >= 4 is 23.6 Å². The van der Waals surface area contributed by atoms with E-state index >= 15 is 0 Å². The summed E-state index contributed by atoms with van der Waals surface area (Å²) in [5.74, 6) is -7.23. The summed E-state index contributed by atoms with van der Waals surface area (Å²) in [6.45, 7) is 2.90. The van der Waals surface area contributed by atoms with Gasteiger partial charge in [0.15, 0.2) is 5.78 Å². The number of nitrogens with two attached hydrogens (primary N) is 1. The van der Waals surface area contributed by atoms with Crippen LogP contribution in [0.2, 0.25) is 0 Å². The molecule has 0 saturated carbocycles. The van der Waals surface area contributed by atoms with Gasteiger partial charge in [-0.05, 0) is 19.3 Å². The maximum absolute atomic E-state index is 14.1. The van der Waals surface area contributed by atoms with Crippen molar-refractivity contribution in [2.24, 2.45) is 11.7 Å². The minimum atomic E-state index is -2.31. The van der Waals surface area contributed by atoms with Gasteiger partial charge in [0, 0.05) is 25.8 Å². The Hall–Kier alpha value is -2.16. The van der Waals surface area contributed by atoms with Gasteiger partial charge in [-0.1, -0.05) is 162 Å². The predicted molar refractivity (Wildman–Crippen MR) is 223 cm³/mol. The van der Waals surface area contributed by atoms with Crippen LogP contribution in [-0.4, -0.2) is 104 Å². The van der Waals surface area contributed by atoms with Crippen molar-refractivity contribution in [2.45, 2.75) is 230 Å². The number of aliphatic carboxylic acids is 1. The highest BCUT2D eigenvalue weighted by atomic mass is 16.6. The molecule has 1 rings (SSSR count). The normalized spacial score (nSPS) is 21.3. The molecule has 0 aromatic carbocycles. The van der Waals surface area contributed by atoms with Gasteiger partial charge >= 0.3 is 5.97 Å². The number of carboxylic acids is 1. The molecule has 1 fully saturated rings. The van der Waals surface area contributed by atoms with Gasteiger partial charge in [0.05, 0.1) is 19.3 Å². The number of carbonyl (C=O) groups excluding carboxylic acids is 3. The Morgan fingerprint density at radius 2 is 1.07 bits per heavy atom. The molecule has 1 aliphatic heterocycles. The monoisotopic (exact) mass is 814 g/mol. The number of aliphatic hydroxyl groups is 4. The third kappa shape index (κ3) is 21.6. The van der Waals surface area contributed by atoms with Crippen LogP contribution in [-0.2, 0) is 23.9 Å². The molecule has 0 bridgehead atoms. The van der Waals surface area contributed by atoms with Gasteiger partial charge in [0.25, 0.3) is 0 Å². The highest BCUT2D eigenvalue weighted by molar-refractivity contribution is 5.92. The van der Waals surface area contributed by atoms with E-state index in [1.54, 1.807) is 0 Å². The van der Waals surface area contributed by atoms with Crippen molar-refractivity contribution in [3.8, 4) is 0 Å². The van der Waals surface area contributed by atoms with Crippen LogP contribution < -0.4 is 11.1 Å². The van der Waals surface area contributed by atoms with Crippen molar-refractivity contribution < 1.29 is 49.4 Å². The van der Waals surface area contributed by atoms with E-state index in [-0.39, 0.29) is 32.2 Å². The molecule has 0 unspecified atom stereocenters. The summed E-state index contributed by atoms with van der Waals surface area (Å²) in [5, 5.41) is 53.8. The van der Waals surface area contributed by atoms with E-state index in [0.717, 1.165) is 51.4 Å². The van der Waals surface area contributed by atoms with Crippen molar-refractivity contribution in [3.63, 3.8) is 0 Å². The first kappa shape index (κ1) is 52.9. The molecule has 2 amide bonds. The first-order valence-corrected chi connectivity index (χ1v) is 22.9. The zero-order valence-electron chi connectivity index (χ0n) is 35.8. The zero-order valence-corrected chi connectivity index (χ0v) is 35.8. The summed E-state index contributed by atoms with van der Waals surface area (Å²) in [7, 11) is 0. The number of ether oxygens (including phenoxy) is 1. The van der Waals surface area contributed by atoms with Gasteiger partial charge in [0.2, 0.25) is 17.7 Å². The Morgan fingerprint density at radius 3 is 1.49 bits per heavy atom. The number of carboxylic acid groups (broad SMARTS) is 1. The quantitative estimate of drug-likeness (QED) is 0.0260. The van der Waals surface area contributed by atoms with Crippen LogP contribution in [0.1, 0.15) is 200 Å². The molecule has 57 heavy (non-hydrogen) atoms. The summed E-state index contributed by atoms with van der Waals surface area (Å²) in [5.41, 5.74) is 6.90. The van der Waals surface area contributed by atoms with Crippen molar-refractivity contribution in [1.82, 2.24) is 10.2 Å². The number of Topliss-reactive ketones (excluding diaryl/α,β-unsaturated/α-hetero) is 1. The molecular formula is C44H83N3O10. The number of nitrogens with one attached hydrogen (secondary N) is 1. The van der Waals surface area contributed by atoms with Crippen LogP contribution in [0.5, 0.6) is 0 Å². The second-order valence-electron chi connectivity index (χ2n) is 16.4. The molecule has 13 heteroatoms. The first-order chi connectivity index (χ1) is 27.5. The van der Waals surface area contributed by atoms with Gasteiger partial charge < -0.3 is 40.5 Å². The number of aliphatic hydroxyl groups excluding tert-OH is 4. The molecule has 0 spiro atoms. The van der Waals surface area contributed by atoms with Gasteiger partial charge in [-0.2, -0.15) is 0 Å². The van der Waals surface area contributed by atoms with Crippen molar-refractivity contribution in [2.75, 3.05) is 19.8 Å². The van der Waals surface area contributed by atoms with Gasteiger partial charge in [-0.25, -0.2) is 0 Å². The number of hydrogen-bond acceptors (Lipinski definition) is 10. The fourth-order valence-corrected chi connectivity index (χ4v) is 7.92. The predicted octanol–water partition coefficient (Wildman–Crippen LogP) is 6.64. The molecule has 0 aromatic rings. The summed E-state index contributed by atoms with van der Waals surface area (Å²) in [4.78, 5) is 53.0. The SMILES string of the molecule is CCCCCCCCCCCCCCCCCCN(C(=O)CCCCCCCCCCC)[C@]1(N)O[C@H](CO)[C@@H](O)[C@H](O)[C@H]1C(=O)[C@H](CO)NC(=O)CCCC(=O)O. The van der Waals surface area contributed by atoms with E-state index in [9.17, 15) is 39.6 Å². The molecule has 1 aliphatic rings. The molecule has 1 saturated heterocycles. The second-order valence-corrected chi connectivity index (χ2v) is 16.4. The standard InChI is InChI=1S/C44H83N3O10/c1-3-5-7-9-11-13-14-15-16-17-18-19-21-23-25-27-32-47(38(51)30-26-24-22-20-12-10-8-6-4-2)44(45)40(43(56)42(55)36(34-49)57-44)41(54)35(33-48)46-37(50)29-28-31-39(52)53/h35-36,40,42-43,48-49,55-56H,3-34,45H2,1-2H3,(H,46,50)(H,52,53)/t35-,36+,40+,42+,43+,44-/m0/s1. The lowest BCUT2D eigenvalue weighted by Gasteiger charge is -2.53.